The first-order chi connectivity index (χ1) is 9.40. The summed E-state index contributed by atoms with van der Waals surface area (Å²) in [6.45, 7) is 0. The Morgan fingerprint density at radius 2 is 1.58 bits per heavy atom. The SMILES string of the molecule is c1cncc(Cc2noc(Cc3cccnc3)n2)c1. The Hall–Kier alpha value is -2.56. The first kappa shape index (κ1) is 11.5. The highest BCUT2D eigenvalue weighted by Crippen LogP contribution is 2.09. The summed E-state index contributed by atoms with van der Waals surface area (Å²) in [5.41, 5.74) is 2.12. The highest BCUT2D eigenvalue weighted by Gasteiger charge is 2.08. The highest BCUT2D eigenvalue weighted by atomic mass is 16.5. The first-order valence-electron chi connectivity index (χ1n) is 5.99. The van der Waals surface area contributed by atoms with Crippen LogP contribution in [-0.4, -0.2) is 20.1 Å². The zero-order chi connectivity index (χ0) is 12.9. The summed E-state index contributed by atoms with van der Waals surface area (Å²) in [5.74, 6) is 1.28. The molecule has 3 heterocycles. The standard InChI is InChI=1S/C14H12N4O/c1-3-11(9-15-5-1)7-13-17-14(19-18-13)8-12-4-2-6-16-10-12/h1-6,9-10H,7-8H2. The van der Waals surface area contributed by atoms with Gasteiger partial charge in [-0.15, -0.1) is 0 Å². The molecule has 19 heavy (non-hydrogen) atoms. The smallest absolute Gasteiger partial charge is 0.231 e. The summed E-state index contributed by atoms with van der Waals surface area (Å²) in [6.07, 6.45) is 8.32. The predicted octanol–water partition coefficient (Wildman–Crippen LogP) is 2.04. The molecule has 0 spiro atoms. The summed E-state index contributed by atoms with van der Waals surface area (Å²) in [5, 5.41) is 3.97. The van der Waals surface area contributed by atoms with E-state index in [1.807, 2.05) is 24.3 Å². The zero-order valence-corrected chi connectivity index (χ0v) is 10.2. The molecular formula is C14H12N4O. The first-order valence-corrected chi connectivity index (χ1v) is 5.99. The Bertz CT molecular complexity index is 581. The molecule has 0 radical (unpaired) electrons. The minimum absolute atomic E-state index is 0.604. The number of nitrogens with zero attached hydrogens (tertiary/aromatic N) is 4. The van der Waals surface area contributed by atoms with Crippen LogP contribution in [0, 0.1) is 0 Å². The van der Waals surface area contributed by atoms with Crippen LogP contribution in [0.15, 0.2) is 53.6 Å². The van der Waals surface area contributed by atoms with Crippen LogP contribution < -0.4 is 0 Å². The average molecular weight is 252 g/mol. The summed E-state index contributed by atoms with van der Waals surface area (Å²) in [7, 11) is 0. The fraction of sp³-hybridized carbons (Fsp3) is 0.143. The lowest BCUT2D eigenvalue weighted by Crippen LogP contribution is -1.93. The van der Waals surface area contributed by atoms with Crippen molar-refractivity contribution in [3.05, 3.63) is 71.9 Å². The minimum Gasteiger partial charge on any atom is -0.339 e. The second-order valence-corrected chi connectivity index (χ2v) is 4.18. The van der Waals surface area contributed by atoms with Crippen molar-refractivity contribution in [2.75, 3.05) is 0 Å². The third-order valence-corrected chi connectivity index (χ3v) is 2.67. The van der Waals surface area contributed by atoms with Crippen LogP contribution in [0.1, 0.15) is 22.8 Å². The van der Waals surface area contributed by atoms with Gasteiger partial charge < -0.3 is 4.52 Å². The molecule has 3 aromatic heterocycles. The largest absolute Gasteiger partial charge is 0.339 e. The van der Waals surface area contributed by atoms with E-state index >= 15 is 0 Å². The topological polar surface area (TPSA) is 64.7 Å². The van der Waals surface area contributed by atoms with Crippen molar-refractivity contribution in [2.24, 2.45) is 0 Å². The normalized spacial score (nSPS) is 10.5. The van der Waals surface area contributed by atoms with Crippen molar-refractivity contribution >= 4 is 0 Å². The lowest BCUT2D eigenvalue weighted by Gasteiger charge is -1.94. The van der Waals surface area contributed by atoms with E-state index in [9.17, 15) is 0 Å². The molecule has 0 saturated heterocycles. The van der Waals surface area contributed by atoms with E-state index in [1.165, 1.54) is 0 Å². The third-order valence-electron chi connectivity index (χ3n) is 2.67. The molecule has 0 saturated carbocycles. The Balaban J connectivity index is 1.70. The van der Waals surface area contributed by atoms with Crippen LogP contribution in [0.4, 0.5) is 0 Å². The average Bonchev–Trinajstić information content (AvgIpc) is 2.88. The Morgan fingerprint density at radius 3 is 2.21 bits per heavy atom. The maximum atomic E-state index is 5.23. The van der Waals surface area contributed by atoms with Crippen LogP contribution in [0.3, 0.4) is 0 Å². The molecule has 0 N–H and O–H groups in total. The maximum absolute atomic E-state index is 5.23. The van der Waals surface area contributed by atoms with Crippen molar-refractivity contribution in [1.82, 2.24) is 20.1 Å². The van der Waals surface area contributed by atoms with E-state index in [0.717, 1.165) is 11.1 Å². The molecule has 0 aliphatic carbocycles. The van der Waals surface area contributed by atoms with Gasteiger partial charge >= 0.3 is 0 Å². The Labute approximate surface area is 110 Å². The van der Waals surface area contributed by atoms with Gasteiger partial charge in [0.05, 0.1) is 6.42 Å². The fourth-order valence-electron chi connectivity index (χ4n) is 1.80. The second-order valence-electron chi connectivity index (χ2n) is 4.18. The molecule has 94 valence electrons. The molecule has 0 unspecified atom stereocenters. The van der Waals surface area contributed by atoms with E-state index in [0.29, 0.717) is 24.6 Å². The van der Waals surface area contributed by atoms with Crippen molar-refractivity contribution in [3.8, 4) is 0 Å². The fourth-order valence-corrected chi connectivity index (χ4v) is 1.80. The van der Waals surface area contributed by atoms with Crippen LogP contribution in [-0.2, 0) is 12.8 Å². The van der Waals surface area contributed by atoms with E-state index < -0.39 is 0 Å². The van der Waals surface area contributed by atoms with Crippen molar-refractivity contribution in [3.63, 3.8) is 0 Å². The van der Waals surface area contributed by atoms with Crippen LogP contribution in [0.25, 0.3) is 0 Å². The number of hydrogen-bond donors (Lipinski definition) is 0. The monoisotopic (exact) mass is 252 g/mol. The van der Waals surface area contributed by atoms with Gasteiger partial charge in [-0.3, -0.25) is 9.97 Å². The van der Waals surface area contributed by atoms with Crippen molar-refractivity contribution < 1.29 is 4.52 Å². The van der Waals surface area contributed by atoms with Gasteiger partial charge in [0, 0.05) is 31.2 Å². The molecule has 3 aromatic rings. The minimum atomic E-state index is 0.604. The second kappa shape index (κ2) is 5.39. The van der Waals surface area contributed by atoms with Gasteiger partial charge in [-0.05, 0) is 23.3 Å². The number of hydrogen-bond acceptors (Lipinski definition) is 5. The van der Waals surface area contributed by atoms with E-state index in [-0.39, 0.29) is 0 Å². The molecule has 3 rings (SSSR count). The van der Waals surface area contributed by atoms with Gasteiger partial charge in [-0.2, -0.15) is 4.98 Å². The molecule has 0 fully saturated rings. The Kier molecular flexibility index (Phi) is 3.27. The summed E-state index contributed by atoms with van der Waals surface area (Å²) in [4.78, 5) is 12.5. The van der Waals surface area contributed by atoms with Gasteiger partial charge in [0.15, 0.2) is 5.82 Å². The summed E-state index contributed by atoms with van der Waals surface area (Å²) >= 11 is 0. The third kappa shape index (κ3) is 3.01. The lowest BCUT2D eigenvalue weighted by molar-refractivity contribution is 0.380. The summed E-state index contributed by atoms with van der Waals surface area (Å²) < 4.78 is 5.23. The molecule has 0 atom stereocenters. The quantitative estimate of drug-likeness (QED) is 0.711. The maximum Gasteiger partial charge on any atom is 0.231 e. The molecular weight excluding hydrogens is 240 g/mol. The van der Waals surface area contributed by atoms with Gasteiger partial charge in [-0.25, -0.2) is 0 Å². The molecule has 0 bridgehead atoms. The van der Waals surface area contributed by atoms with Crippen LogP contribution in [0.5, 0.6) is 0 Å². The number of pyridine rings is 2. The molecule has 0 aliphatic rings. The lowest BCUT2D eigenvalue weighted by atomic mass is 10.2. The van der Waals surface area contributed by atoms with Crippen LogP contribution >= 0.6 is 0 Å². The van der Waals surface area contributed by atoms with Gasteiger partial charge in [-0.1, -0.05) is 17.3 Å². The number of rotatable bonds is 4. The Morgan fingerprint density at radius 1 is 0.895 bits per heavy atom. The van der Waals surface area contributed by atoms with Crippen molar-refractivity contribution in [2.45, 2.75) is 12.8 Å². The zero-order valence-electron chi connectivity index (χ0n) is 10.2. The molecule has 0 aliphatic heterocycles. The van der Waals surface area contributed by atoms with Crippen molar-refractivity contribution in [1.29, 1.82) is 0 Å². The molecule has 5 heteroatoms. The summed E-state index contributed by atoms with van der Waals surface area (Å²) in [6, 6.07) is 7.76. The van der Waals surface area contributed by atoms with Gasteiger partial charge in [0.1, 0.15) is 0 Å². The molecule has 5 nitrogen and oxygen atoms in total. The van der Waals surface area contributed by atoms with Crippen LogP contribution in [0.2, 0.25) is 0 Å². The molecule has 0 amide bonds. The van der Waals surface area contributed by atoms with Gasteiger partial charge in [0.25, 0.3) is 0 Å². The van der Waals surface area contributed by atoms with E-state index in [2.05, 4.69) is 20.1 Å². The van der Waals surface area contributed by atoms with Gasteiger partial charge in [0.2, 0.25) is 5.89 Å². The van der Waals surface area contributed by atoms with E-state index in [4.69, 9.17) is 4.52 Å². The predicted molar refractivity (Wildman–Crippen MR) is 68.4 cm³/mol. The highest BCUT2D eigenvalue weighted by molar-refractivity contribution is 5.16. The molecule has 0 aromatic carbocycles. The van der Waals surface area contributed by atoms with E-state index in [1.54, 1.807) is 24.8 Å². The number of aromatic nitrogens is 4.